The Kier molecular flexibility index (Phi) is 6.60. The Morgan fingerprint density at radius 1 is 1.45 bits per heavy atom. The van der Waals surface area contributed by atoms with Gasteiger partial charge in [0.05, 0.1) is 11.6 Å². The van der Waals surface area contributed by atoms with Crippen molar-refractivity contribution in [2.75, 3.05) is 12.8 Å². The maximum absolute atomic E-state index is 8.94. The minimum Gasteiger partial charge on any atom is -0.354 e. The van der Waals surface area contributed by atoms with Gasteiger partial charge in [0, 0.05) is 24.9 Å². The monoisotopic (exact) mass is 316 g/mol. The van der Waals surface area contributed by atoms with Crippen molar-refractivity contribution < 1.29 is 0 Å². The van der Waals surface area contributed by atoms with Crippen molar-refractivity contribution in [2.45, 2.75) is 44.0 Å². The molecule has 2 N–H and O–H groups in total. The molecule has 0 bridgehead atoms. The van der Waals surface area contributed by atoms with Gasteiger partial charge in [0.1, 0.15) is 0 Å². The highest BCUT2D eigenvalue weighted by Gasteiger charge is 2.24. The zero-order valence-electron chi connectivity index (χ0n) is 13.3. The molecule has 0 aliphatic heterocycles. The second kappa shape index (κ2) is 8.70. The Labute approximate surface area is 137 Å². The Hall–Kier alpha value is -1.67. The van der Waals surface area contributed by atoms with Gasteiger partial charge in [0.15, 0.2) is 5.96 Å². The van der Waals surface area contributed by atoms with E-state index in [1.807, 2.05) is 24.3 Å². The molecule has 2 unspecified atom stereocenters. The van der Waals surface area contributed by atoms with Crippen LogP contribution in [0.3, 0.4) is 0 Å². The molecule has 118 valence electrons. The lowest BCUT2D eigenvalue weighted by Gasteiger charge is -2.17. The van der Waals surface area contributed by atoms with Crippen molar-refractivity contribution in [2.24, 2.45) is 4.99 Å². The van der Waals surface area contributed by atoms with Crippen LogP contribution in [-0.4, -0.2) is 30.1 Å². The maximum Gasteiger partial charge on any atom is 0.191 e. The van der Waals surface area contributed by atoms with Crippen molar-refractivity contribution >= 4 is 17.7 Å². The molecule has 0 saturated heterocycles. The number of nitrogens with zero attached hydrogens (tertiary/aromatic N) is 2. The first-order valence-electron chi connectivity index (χ1n) is 7.83. The highest BCUT2D eigenvalue weighted by atomic mass is 32.2. The van der Waals surface area contributed by atoms with E-state index in [1.165, 1.54) is 25.0 Å². The minimum atomic E-state index is 0.515. The smallest absolute Gasteiger partial charge is 0.191 e. The molecule has 0 aromatic heterocycles. The number of nitrogens with one attached hydrogen (secondary N) is 2. The molecule has 1 fully saturated rings. The van der Waals surface area contributed by atoms with Crippen molar-refractivity contribution in [3.05, 3.63) is 35.4 Å². The molecule has 0 spiro atoms. The fourth-order valence-electron chi connectivity index (χ4n) is 2.78. The summed E-state index contributed by atoms with van der Waals surface area (Å²) in [4.78, 5) is 4.30. The van der Waals surface area contributed by atoms with Crippen LogP contribution in [0.1, 0.15) is 37.3 Å². The van der Waals surface area contributed by atoms with Crippen LogP contribution in [0.4, 0.5) is 0 Å². The molecule has 2 atom stereocenters. The number of aliphatic imine (C=N–C) groups is 1. The molecule has 1 saturated carbocycles. The molecular weight excluding hydrogens is 292 g/mol. The van der Waals surface area contributed by atoms with E-state index in [2.05, 4.69) is 40.4 Å². The van der Waals surface area contributed by atoms with Crippen molar-refractivity contribution in [3.63, 3.8) is 0 Å². The number of benzene rings is 1. The van der Waals surface area contributed by atoms with Gasteiger partial charge in [-0.2, -0.15) is 17.0 Å². The topological polar surface area (TPSA) is 60.2 Å². The molecule has 1 aliphatic carbocycles. The van der Waals surface area contributed by atoms with Crippen LogP contribution in [0.25, 0.3) is 0 Å². The Bertz CT molecular complexity index is 550. The van der Waals surface area contributed by atoms with Gasteiger partial charge in [-0.05, 0) is 42.7 Å². The summed E-state index contributed by atoms with van der Waals surface area (Å²) >= 11 is 2.06. The van der Waals surface area contributed by atoms with Crippen LogP contribution >= 0.6 is 11.8 Å². The second-order valence-corrected chi connectivity index (χ2v) is 7.05. The van der Waals surface area contributed by atoms with Gasteiger partial charge in [-0.3, -0.25) is 4.99 Å². The second-order valence-electron chi connectivity index (χ2n) is 5.47. The summed E-state index contributed by atoms with van der Waals surface area (Å²) in [6.45, 7) is 2.90. The first-order valence-corrected chi connectivity index (χ1v) is 8.87. The molecule has 1 aliphatic rings. The fraction of sp³-hybridized carbons (Fsp3) is 0.529. The van der Waals surface area contributed by atoms with Crippen molar-refractivity contribution in [1.82, 2.24) is 10.6 Å². The van der Waals surface area contributed by atoms with E-state index in [-0.39, 0.29) is 0 Å². The molecule has 4 nitrogen and oxygen atoms in total. The molecule has 1 aromatic carbocycles. The predicted molar refractivity (Wildman–Crippen MR) is 94.1 cm³/mol. The number of guanidine groups is 1. The number of hydrogen-bond acceptors (Lipinski definition) is 3. The van der Waals surface area contributed by atoms with Gasteiger partial charge < -0.3 is 10.6 Å². The van der Waals surface area contributed by atoms with Gasteiger partial charge in [-0.15, -0.1) is 0 Å². The largest absolute Gasteiger partial charge is 0.354 e. The molecular formula is C17H24N4S. The van der Waals surface area contributed by atoms with Crippen LogP contribution in [0.15, 0.2) is 29.3 Å². The van der Waals surface area contributed by atoms with Gasteiger partial charge in [0.25, 0.3) is 0 Å². The van der Waals surface area contributed by atoms with E-state index in [1.54, 1.807) is 7.05 Å². The van der Waals surface area contributed by atoms with E-state index in [4.69, 9.17) is 5.26 Å². The van der Waals surface area contributed by atoms with Gasteiger partial charge >= 0.3 is 0 Å². The Balaban J connectivity index is 1.82. The SMILES string of the molecule is CCSC1CCC(NC(=NC)NCc2cccc(C#N)c2)C1. The number of hydrogen-bond donors (Lipinski definition) is 2. The number of nitriles is 1. The normalized spacial score (nSPS) is 21.4. The molecule has 2 rings (SSSR count). The summed E-state index contributed by atoms with van der Waals surface area (Å²) in [5.74, 6) is 2.04. The van der Waals surface area contributed by atoms with Gasteiger partial charge in [-0.1, -0.05) is 19.1 Å². The van der Waals surface area contributed by atoms with Crippen LogP contribution in [0.5, 0.6) is 0 Å². The van der Waals surface area contributed by atoms with Crippen LogP contribution in [0, 0.1) is 11.3 Å². The lowest BCUT2D eigenvalue weighted by atomic mass is 10.1. The molecule has 0 amide bonds. The van der Waals surface area contributed by atoms with E-state index in [0.29, 0.717) is 18.2 Å². The fourth-order valence-corrected chi connectivity index (χ4v) is 3.93. The van der Waals surface area contributed by atoms with E-state index in [9.17, 15) is 0 Å². The third-order valence-corrected chi connectivity index (χ3v) is 5.10. The zero-order chi connectivity index (χ0) is 15.8. The molecule has 5 heteroatoms. The summed E-state index contributed by atoms with van der Waals surface area (Å²) in [5, 5.41) is 16.6. The predicted octanol–water partition coefficient (Wildman–Crippen LogP) is 2.90. The summed E-state index contributed by atoms with van der Waals surface area (Å²) < 4.78 is 0. The van der Waals surface area contributed by atoms with Crippen molar-refractivity contribution in [1.29, 1.82) is 5.26 Å². The van der Waals surface area contributed by atoms with Crippen LogP contribution < -0.4 is 10.6 Å². The third kappa shape index (κ3) is 4.96. The first kappa shape index (κ1) is 16.7. The lowest BCUT2D eigenvalue weighted by molar-refractivity contribution is 0.614. The Morgan fingerprint density at radius 2 is 2.32 bits per heavy atom. The average Bonchev–Trinajstić information content (AvgIpc) is 2.99. The molecule has 1 aromatic rings. The van der Waals surface area contributed by atoms with Crippen LogP contribution in [-0.2, 0) is 6.54 Å². The Morgan fingerprint density at radius 3 is 3.05 bits per heavy atom. The molecule has 22 heavy (non-hydrogen) atoms. The molecule has 0 heterocycles. The third-order valence-electron chi connectivity index (χ3n) is 3.87. The number of thioether (sulfide) groups is 1. The summed E-state index contributed by atoms with van der Waals surface area (Å²) in [7, 11) is 1.80. The summed E-state index contributed by atoms with van der Waals surface area (Å²) in [6.07, 6.45) is 3.71. The van der Waals surface area contributed by atoms with Gasteiger partial charge in [-0.25, -0.2) is 0 Å². The van der Waals surface area contributed by atoms with E-state index in [0.717, 1.165) is 16.8 Å². The van der Waals surface area contributed by atoms with E-state index >= 15 is 0 Å². The van der Waals surface area contributed by atoms with Crippen molar-refractivity contribution in [3.8, 4) is 6.07 Å². The first-order chi connectivity index (χ1) is 10.7. The molecule has 0 radical (unpaired) electrons. The minimum absolute atomic E-state index is 0.515. The summed E-state index contributed by atoms with van der Waals surface area (Å²) in [6, 6.07) is 10.3. The van der Waals surface area contributed by atoms with E-state index < -0.39 is 0 Å². The average molecular weight is 316 g/mol. The highest BCUT2D eigenvalue weighted by molar-refractivity contribution is 7.99. The standard InChI is InChI=1S/C17H24N4S/c1-3-22-16-8-7-15(10-16)21-17(19-2)20-12-14-6-4-5-13(9-14)11-18/h4-6,9,15-16H,3,7-8,10,12H2,1-2H3,(H2,19,20,21). The summed E-state index contributed by atoms with van der Waals surface area (Å²) in [5.41, 5.74) is 1.78. The van der Waals surface area contributed by atoms with Gasteiger partial charge in [0.2, 0.25) is 0 Å². The quantitative estimate of drug-likeness (QED) is 0.648. The highest BCUT2D eigenvalue weighted by Crippen LogP contribution is 2.29. The zero-order valence-corrected chi connectivity index (χ0v) is 14.1. The maximum atomic E-state index is 8.94. The van der Waals surface area contributed by atoms with Crippen LogP contribution in [0.2, 0.25) is 0 Å². The number of rotatable bonds is 5. The lowest BCUT2D eigenvalue weighted by Crippen LogP contribution is -2.42.